The number of para-hydroxylation sites is 1. The van der Waals surface area contributed by atoms with Crippen LogP contribution in [0, 0.1) is 0 Å². The molecule has 1 aromatic rings. The van der Waals surface area contributed by atoms with Gasteiger partial charge in [0.05, 0.1) is 17.3 Å². The van der Waals surface area contributed by atoms with Gasteiger partial charge in [-0.2, -0.15) is 0 Å². The summed E-state index contributed by atoms with van der Waals surface area (Å²) in [4.78, 5) is 15.5. The molecule has 2 rings (SSSR count). The van der Waals surface area contributed by atoms with E-state index in [0.29, 0.717) is 6.54 Å². The molecule has 3 nitrogen and oxygen atoms in total. The Kier molecular flexibility index (Phi) is 4.02. The van der Waals surface area contributed by atoms with Crippen LogP contribution in [0.15, 0.2) is 24.3 Å². The summed E-state index contributed by atoms with van der Waals surface area (Å²) in [6.45, 7) is 5.90. The van der Waals surface area contributed by atoms with E-state index in [1.807, 2.05) is 24.3 Å². The van der Waals surface area contributed by atoms with Gasteiger partial charge in [0.25, 0.3) is 0 Å². The van der Waals surface area contributed by atoms with E-state index >= 15 is 0 Å². The Morgan fingerprint density at radius 3 is 2.47 bits per heavy atom. The van der Waals surface area contributed by atoms with Gasteiger partial charge in [0.1, 0.15) is 5.78 Å². The second kappa shape index (κ2) is 5.52. The fraction of sp³-hybridized carbons (Fsp3) is 0.462. The van der Waals surface area contributed by atoms with E-state index in [-0.39, 0.29) is 5.78 Å². The van der Waals surface area contributed by atoms with Gasteiger partial charge in [-0.05, 0) is 19.1 Å². The fourth-order valence-corrected chi connectivity index (χ4v) is 2.43. The van der Waals surface area contributed by atoms with Crippen molar-refractivity contribution < 1.29 is 4.79 Å². The van der Waals surface area contributed by atoms with Crippen molar-refractivity contribution in [3.05, 3.63) is 29.3 Å². The number of anilines is 1. The quantitative estimate of drug-likeness (QED) is 0.823. The molecule has 0 amide bonds. The van der Waals surface area contributed by atoms with E-state index in [2.05, 4.69) is 9.80 Å². The number of rotatable bonds is 3. The number of piperazine rings is 1. The third kappa shape index (κ3) is 3.20. The summed E-state index contributed by atoms with van der Waals surface area (Å²) in [5.74, 6) is 0.233. The number of nitrogens with zero attached hydrogens (tertiary/aromatic N) is 2. The SMILES string of the molecule is CC(=O)CN1CCN(c2ccccc2Cl)CC1. The summed E-state index contributed by atoms with van der Waals surface area (Å²) in [6.07, 6.45) is 0. The van der Waals surface area contributed by atoms with E-state index in [0.717, 1.165) is 36.9 Å². The number of carbonyl (C=O) groups is 1. The standard InChI is InChI=1S/C13H17ClN2O/c1-11(17)10-15-6-8-16(9-7-15)13-5-3-2-4-12(13)14/h2-5H,6-10H2,1H3. The van der Waals surface area contributed by atoms with Crippen molar-refractivity contribution in [1.29, 1.82) is 0 Å². The van der Waals surface area contributed by atoms with Crippen molar-refractivity contribution in [2.75, 3.05) is 37.6 Å². The largest absolute Gasteiger partial charge is 0.368 e. The molecule has 0 saturated carbocycles. The summed E-state index contributed by atoms with van der Waals surface area (Å²) in [6, 6.07) is 7.91. The van der Waals surface area contributed by atoms with Crippen LogP contribution in [0.1, 0.15) is 6.92 Å². The highest BCUT2D eigenvalue weighted by Gasteiger charge is 2.19. The van der Waals surface area contributed by atoms with Gasteiger partial charge in [0.15, 0.2) is 0 Å². The highest BCUT2D eigenvalue weighted by molar-refractivity contribution is 6.33. The van der Waals surface area contributed by atoms with Gasteiger partial charge in [0.2, 0.25) is 0 Å². The Morgan fingerprint density at radius 2 is 1.88 bits per heavy atom. The molecule has 1 aromatic carbocycles. The molecule has 0 radical (unpaired) electrons. The number of Topliss-reactive ketones (excluding diaryl/α,β-unsaturated/α-hetero) is 1. The first-order valence-electron chi connectivity index (χ1n) is 5.88. The molecule has 0 unspecified atom stereocenters. The summed E-state index contributed by atoms with van der Waals surface area (Å²) in [5.41, 5.74) is 1.09. The Morgan fingerprint density at radius 1 is 1.24 bits per heavy atom. The molecule has 17 heavy (non-hydrogen) atoms. The Hall–Kier alpha value is -1.06. The van der Waals surface area contributed by atoms with E-state index < -0.39 is 0 Å². The van der Waals surface area contributed by atoms with E-state index in [1.165, 1.54) is 0 Å². The number of hydrogen-bond donors (Lipinski definition) is 0. The number of halogens is 1. The van der Waals surface area contributed by atoms with Crippen molar-refractivity contribution >= 4 is 23.1 Å². The molecule has 1 saturated heterocycles. The minimum Gasteiger partial charge on any atom is -0.368 e. The number of benzene rings is 1. The molecule has 0 bridgehead atoms. The van der Waals surface area contributed by atoms with Crippen molar-refractivity contribution in [1.82, 2.24) is 4.90 Å². The minimum absolute atomic E-state index is 0.233. The van der Waals surface area contributed by atoms with Crippen LogP contribution in [-0.2, 0) is 4.79 Å². The van der Waals surface area contributed by atoms with Gasteiger partial charge in [-0.1, -0.05) is 23.7 Å². The molecule has 1 aliphatic heterocycles. The fourth-order valence-electron chi connectivity index (χ4n) is 2.17. The first-order chi connectivity index (χ1) is 8.16. The summed E-state index contributed by atoms with van der Waals surface area (Å²) in [7, 11) is 0. The van der Waals surface area contributed by atoms with E-state index in [1.54, 1.807) is 6.92 Å². The van der Waals surface area contributed by atoms with Crippen molar-refractivity contribution in [3.63, 3.8) is 0 Å². The van der Waals surface area contributed by atoms with Gasteiger partial charge >= 0.3 is 0 Å². The molecule has 4 heteroatoms. The van der Waals surface area contributed by atoms with Crippen LogP contribution >= 0.6 is 11.6 Å². The first kappa shape index (κ1) is 12.4. The average Bonchev–Trinajstić information content (AvgIpc) is 2.30. The van der Waals surface area contributed by atoms with E-state index in [9.17, 15) is 4.79 Å². The molecular weight excluding hydrogens is 236 g/mol. The average molecular weight is 253 g/mol. The van der Waals surface area contributed by atoms with Crippen molar-refractivity contribution in [2.24, 2.45) is 0 Å². The molecule has 0 aliphatic carbocycles. The van der Waals surface area contributed by atoms with Crippen LogP contribution in [0.3, 0.4) is 0 Å². The second-order valence-corrected chi connectivity index (χ2v) is 4.82. The third-order valence-electron chi connectivity index (χ3n) is 3.01. The zero-order valence-electron chi connectivity index (χ0n) is 10.0. The molecular formula is C13H17ClN2O. The predicted molar refractivity (Wildman–Crippen MR) is 70.8 cm³/mol. The van der Waals surface area contributed by atoms with Crippen LogP contribution in [0.2, 0.25) is 5.02 Å². The monoisotopic (exact) mass is 252 g/mol. The lowest BCUT2D eigenvalue weighted by Gasteiger charge is -2.36. The lowest BCUT2D eigenvalue weighted by Crippen LogP contribution is -2.47. The van der Waals surface area contributed by atoms with Gasteiger partial charge in [-0.25, -0.2) is 0 Å². The zero-order chi connectivity index (χ0) is 12.3. The lowest BCUT2D eigenvalue weighted by atomic mass is 10.2. The van der Waals surface area contributed by atoms with Gasteiger partial charge < -0.3 is 4.90 Å². The van der Waals surface area contributed by atoms with Crippen molar-refractivity contribution in [2.45, 2.75) is 6.92 Å². The molecule has 0 N–H and O–H groups in total. The summed E-state index contributed by atoms with van der Waals surface area (Å²) >= 11 is 6.17. The normalized spacial score (nSPS) is 17.2. The highest BCUT2D eigenvalue weighted by Crippen LogP contribution is 2.25. The Balaban J connectivity index is 1.95. The third-order valence-corrected chi connectivity index (χ3v) is 3.33. The topological polar surface area (TPSA) is 23.6 Å². The number of ketones is 1. The number of hydrogen-bond acceptors (Lipinski definition) is 3. The highest BCUT2D eigenvalue weighted by atomic mass is 35.5. The van der Waals surface area contributed by atoms with Crippen LogP contribution in [0.4, 0.5) is 5.69 Å². The molecule has 92 valence electrons. The molecule has 1 heterocycles. The minimum atomic E-state index is 0.233. The van der Waals surface area contributed by atoms with Crippen LogP contribution in [0.25, 0.3) is 0 Å². The Labute approximate surface area is 107 Å². The smallest absolute Gasteiger partial charge is 0.143 e. The van der Waals surface area contributed by atoms with Gasteiger partial charge in [-0.3, -0.25) is 9.69 Å². The van der Waals surface area contributed by atoms with Gasteiger partial charge in [-0.15, -0.1) is 0 Å². The zero-order valence-corrected chi connectivity index (χ0v) is 10.8. The maximum atomic E-state index is 11.0. The number of carbonyl (C=O) groups excluding carboxylic acids is 1. The van der Waals surface area contributed by atoms with Crippen LogP contribution in [-0.4, -0.2) is 43.4 Å². The van der Waals surface area contributed by atoms with Crippen LogP contribution in [0.5, 0.6) is 0 Å². The maximum Gasteiger partial charge on any atom is 0.143 e. The molecule has 0 atom stereocenters. The lowest BCUT2D eigenvalue weighted by molar-refractivity contribution is -0.118. The molecule has 1 fully saturated rings. The van der Waals surface area contributed by atoms with Crippen molar-refractivity contribution in [3.8, 4) is 0 Å². The molecule has 0 aromatic heterocycles. The van der Waals surface area contributed by atoms with Crippen LogP contribution < -0.4 is 4.90 Å². The summed E-state index contributed by atoms with van der Waals surface area (Å²) < 4.78 is 0. The Bertz CT molecular complexity index is 400. The first-order valence-corrected chi connectivity index (χ1v) is 6.26. The summed E-state index contributed by atoms with van der Waals surface area (Å²) in [5, 5.41) is 0.799. The second-order valence-electron chi connectivity index (χ2n) is 4.42. The predicted octanol–water partition coefficient (Wildman–Crippen LogP) is 2.05. The molecule has 0 spiro atoms. The maximum absolute atomic E-state index is 11.0. The van der Waals surface area contributed by atoms with E-state index in [4.69, 9.17) is 11.6 Å². The van der Waals surface area contributed by atoms with Gasteiger partial charge in [0, 0.05) is 26.2 Å². The molecule has 1 aliphatic rings.